The molecule has 2 heterocycles. The minimum Gasteiger partial charge on any atom is -0.494 e. The minimum absolute atomic E-state index is 0.132. The van der Waals surface area contributed by atoms with Crippen molar-refractivity contribution in [3.63, 3.8) is 0 Å². The number of rotatable bonds is 15. The molecule has 4 N–H and O–H groups in total. The van der Waals surface area contributed by atoms with Crippen LogP contribution in [0.3, 0.4) is 0 Å². The number of hydrogen-bond donors (Lipinski definition) is 4. The Balaban J connectivity index is 1.11. The molecule has 2 amide bonds. The zero-order chi connectivity index (χ0) is 34.3. The summed E-state index contributed by atoms with van der Waals surface area (Å²) < 4.78 is 33.8. The molecule has 0 fully saturated rings. The SMILES string of the molecule is Cc1cc(OCCCc2c(C(=O)NS(=O)(=O)CCCNC(=O)CCc3cc(-c4ccccc4)n[nH]3)[nH]c3cc(Cl)ccc23)cc(C)c1Cl. The van der Waals surface area contributed by atoms with Crippen LogP contribution in [0.15, 0.2) is 66.7 Å². The highest BCUT2D eigenvalue weighted by molar-refractivity contribution is 7.90. The van der Waals surface area contributed by atoms with Gasteiger partial charge in [0.25, 0.3) is 5.91 Å². The number of carbonyl (C=O) groups excluding carboxylic acids is 2. The normalized spacial score (nSPS) is 11.5. The van der Waals surface area contributed by atoms with Crippen molar-refractivity contribution >= 4 is 55.9 Å². The maximum absolute atomic E-state index is 13.3. The van der Waals surface area contributed by atoms with Crippen molar-refractivity contribution in [2.45, 2.75) is 46.0 Å². The van der Waals surface area contributed by atoms with Gasteiger partial charge < -0.3 is 15.0 Å². The lowest BCUT2D eigenvalue weighted by molar-refractivity contribution is -0.121. The van der Waals surface area contributed by atoms with Crippen LogP contribution in [0.5, 0.6) is 5.75 Å². The fraction of sp³-hybridized carbons (Fsp3) is 0.286. The summed E-state index contributed by atoms with van der Waals surface area (Å²) in [5, 5.41) is 11.9. The third kappa shape index (κ3) is 9.18. The van der Waals surface area contributed by atoms with E-state index in [1.165, 1.54) is 0 Å². The number of halogens is 2. The molecule has 252 valence electrons. The number of amides is 2. The number of carbonyl (C=O) groups is 2. The summed E-state index contributed by atoms with van der Waals surface area (Å²) in [6, 6.07) is 20.6. The predicted molar refractivity (Wildman–Crippen MR) is 189 cm³/mol. The number of nitrogens with one attached hydrogen (secondary N) is 4. The average Bonchev–Trinajstić information content (AvgIpc) is 3.68. The van der Waals surface area contributed by atoms with Crippen molar-refractivity contribution in [3.05, 3.63) is 105 Å². The molecular formula is C35H37Cl2N5O5S. The fourth-order valence-corrected chi connectivity index (χ4v) is 6.72. The zero-order valence-electron chi connectivity index (χ0n) is 26.7. The van der Waals surface area contributed by atoms with E-state index < -0.39 is 15.9 Å². The quantitative estimate of drug-likeness (QED) is 0.0891. The van der Waals surface area contributed by atoms with Crippen LogP contribution in [0.4, 0.5) is 0 Å². The lowest BCUT2D eigenvalue weighted by Crippen LogP contribution is -2.34. The van der Waals surface area contributed by atoms with Gasteiger partial charge in [0.15, 0.2) is 0 Å². The first-order valence-corrected chi connectivity index (χ1v) is 18.0. The smallest absolute Gasteiger partial charge is 0.281 e. The van der Waals surface area contributed by atoms with Crippen LogP contribution in [0, 0.1) is 13.8 Å². The van der Waals surface area contributed by atoms with E-state index >= 15 is 0 Å². The summed E-state index contributed by atoms with van der Waals surface area (Å²) in [6.45, 7) is 4.36. The lowest BCUT2D eigenvalue weighted by atomic mass is 10.1. The van der Waals surface area contributed by atoms with E-state index in [1.54, 1.807) is 18.2 Å². The van der Waals surface area contributed by atoms with Crippen molar-refractivity contribution < 1.29 is 22.7 Å². The molecular weight excluding hydrogens is 673 g/mol. The van der Waals surface area contributed by atoms with Crippen LogP contribution < -0.4 is 14.8 Å². The Hall–Kier alpha value is -4.32. The molecule has 2 aromatic heterocycles. The fourth-order valence-electron chi connectivity index (χ4n) is 5.43. The molecule has 0 saturated carbocycles. The lowest BCUT2D eigenvalue weighted by Gasteiger charge is -2.11. The average molecular weight is 711 g/mol. The maximum Gasteiger partial charge on any atom is 0.281 e. The second kappa shape index (κ2) is 15.7. The molecule has 0 unspecified atom stereocenters. The second-order valence-corrected chi connectivity index (χ2v) is 14.2. The van der Waals surface area contributed by atoms with Crippen LogP contribution in [-0.4, -0.2) is 54.3 Å². The van der Waals surface area contributed by atoms with Gasteiger partial charge in [-0.2, -0.15) is 5.10 Å². The zero-order valence-corrected chi connectivity index (χ0v) is 29.0. The van der Waals surface area contributed by atoms with Crippen LogP contribution in [0.25, 0.3) is 22.2 Å². The number of nitrogens with zero attached hydrogens (tertiary/aromatic N) is 1. The van der Waals surface area contributed by atoms with Gasteiger partial charge in [0.1, 0.15) is 11.4 Å². The Kier molecular flexibility index (Phi) is 11.5. The number of aryl methyl sites for hydroxylation is 4. The molecule has 5 rings (SSSR count). The summed E-state index contributed by atoms with van der Waals surface area (Å²) in [7, 11) is -3.99. The number of aromatic amines is 2. The third-order valence-corrected chi connectivity index (χ3v) is 9.98. The van der Waals surface area contributed by atoms with Gasteiger partial charge in [-0.15, -0.1) is 0 Å². The van der Waals surface area contributed by atoms with Crippen LogP contribution in [0.2, 0.25) is 10.0 Å². The van der Waals surface area contributed by atoms with E-state index in [4.69, 9.17) is 27.9 Å². The summed E-state index contributed by atoms with van der Waals surface area (Å²) in [4.78, 5) is 28.7. The molecule has 10 nitrogen and oxygen atoms in total. The standard InChI is InChI=1S/C35H37Cl2N5O5S/c1-22-18-27(19-23(2)33(22)37)47-16-6-10-29-28-13-11-25(36)20-31(28)39-34(29)35(44)42-48(45,46)17-7-15-38-32(43)14-12-26-21-30(41-40-26)24-8-4-3-5-9-24/h3-5,8-9,11,13,18-21,39H,6-7,10,12,14-17H2,1-2H3,(H,38,43)(H,40,41)(H,42,44). The van der Waals surface area contributed by atoms with Crippen molar-refractivity contribution in [2.24, 2.45) is 0 Å². The summed E-state index contributed by atoms with van der Waals surface area (Å²) >= 11 is 12.4. The van der Waals surface area contributed by atoms with E-state index in [0.717, 1.165) is 33.5 Å². The number of hydrogen-bond acceptors (Lipinski definition) is 6. The molecule has 13 heteroatoms. The van der Waals surface area contributed by atoms with Gasteiger partial charge in [0.2, 0.25) is 15.9 Å². The van der Waals surface area contributed by atoms with Gasteiger partial charge in [-0.3, -0.25) is 14.7 Å². The van der Waals surface area contributed by atoms with Gasteiger partial charge in [-0.05, 0) is 86.6 Å². The Morgan fingerprint density at radius 1 is 0.938 bits per heavy atom. The highest BCUT2D eigenvalue weighted by atomic mass is 35.5. The van der Waals surface area contributed by atoms with Crippen molar-refractivity contribution in [3.8, 4) is 17.0 Å². The number of H-pyrrole nitrogens is 2. The first-order valence-electron chi connectivity index (χ1n) is 15.6. The topological polar surface area (TPSA) is 146 Å². The second-order valence-electron chi connectivity index (χ2n) is 11.6. The van der Waals surface area contributed by atoms with Crippen molar-refractivity contribution in [1.29, 1.82) is 0 Å². The summed E-state index contributed by atoms with van der Waals surface area (Å²) in [5.41, 5.74) is 5.89. The molecule has 0 atom stereocenters. The number of sulfonamides is 1. The maximum atomic E-state index is 13.3. The van der Waals surface area contributed by atoms with Gasteiger partial charge in [-0.25, -0.2) is 13.1 Å². The monoisotopic (exact) mass is 709 g/mol. The van der Waals surface area contributed by atoms with E-state index in [0.29, 0.717) is 52.7 Å². The van der Waals surface area contributed by atoms with E-state index in [-0.39, 0.29) is 36.7 Å². The molecule has 3 aromatic carbocycles. The summed E-state index contributed by atoms with van der Waals surface area (Å²) in [5.74, 6) is -0.606. The molecule has 5 aromatic rings. The number of ether oxygens (including phenoxy) is 1. The van der Waals surface area contributed by atoms with Gasteiger partial charge >= 0.3 is 0 Å². The molecule has 0 radical (unpaired) electrons. The highest BCUT2D eigenvalue weighted by Crippen LogP contribution is 2.28. The van der Waals surface area contributed by atoms with Crippen LogP contribution >= 0.6 is 23.2 Å². The minimum atomic E-state index is -3.99. The first kappa shape index (κ1) is 35.0. The predicted octanol–water partition coefficient (Wildman–Crippen LogP) is 6.69. The van der Waals surface area contributed by atoms with Crippen LogP contribution in [-0.2, 0) is 27.7 Å². The molecule has 0 aliphatic heterocycles. The largest absolute Gasteiger partial charge is 0.494 e. The molecule has 48 heavy (non-hydrogen) atoms. The van der Waals surface area contributed by atoms with E-state index in [2.05, 4.69) is 25.2 Å². The Morgan fingerprint density at radius 3 is 2.44 bits per heavy atom. The van der Waals surface area contributed by atoms with Gasteiger partial charge in [0, 0.05) is 45.2 Å². The molecule has 0 aliphatic rings. The Bertz CT molecular complexity index is 2000. The molecule has 0 bridgehead atoms. The highest BCUT2D eigenvalue weighted by Gasteiger charge is 2.22. The van der Waals surface area contributed by atoms with Crippen molar-refractivity contribution in [2.75, 3.05) is 18.9 Å². The van der Waals surface area contributed by atoms with Crippen molar-refractivity contribution in [1.82, 2.24) is 25.2 Å². The van der Waals surface area contributed by atoms with E-state index in [1.807, 2.05) is 62.4 Å². The Morgan fingerprint density at radius 2 is 1.69 bits per heavy atom. The number of benzene rings is 3. The molecule has 0 spiro atoms. The van der Waals surface area contributed by atoms with Gasteiger partial charge in [0.05, 0.1) is 18.1 Å². The van der Waals surface area contributed by atoms with E-state index in [9.17, 15) is 18.0 Å². The number of aromatic nitrogens is 3. The molecule has 0 aliphatic carbocycles. The third-order valence-electron chi connectivity index (χ3n) is 7.83. The first-order chi connectivity index (χ1) is 23.0. The van der Waals surface area contributed by atoms with Gasteiger partial charge in [-0.1, -0.05) is 59.6 Å². The number of fused-ring (bicyclic) bond motifs is 1. The Labute approximate surface area is 289 Å². The summed E-state index contributed by atoms with van der Waals surface area (Å²) in [6.07, 6.45) is 1.83. The molecule has 0 saturated heterocycles. The van der Waals surface area contributed by atoms with Crippen LogP contribution in [0.1, 0.15) is 52.1 Å².